The molecule has 0 aliphatic carbocycles. The Morgan fingerprint density at radius 3 is 2.21 bits per heavy atom. The van der Waals surface area contributed by atoms with Gasteiger partial charge in [0.25, 0.3) is 5.91 Å². The predicted octanol–water partition coefficient (Wildman–Crippen LogP) is 0.568. The molecule has 0 saturated carbocycles. The number of nitrogens with two attached hydrogens (primary N) is 1. The van der Waals surface area contributed by atoms with Crippen LogP contribution in [0.4, 0.5) is 0 Å². The lowest BCUT2D eigenvalue weighted by atomic mass is 9.94. The Morgan fingerprint density at radius 1 is 1.17 bits per heavy atom. The molecule has 1 aromatic rings. The van der Waals surface area contributed by atoms with Gasteiger partial charge in [-0.3, -0.25) is 9.59 Å². The van der Waals surface area contributed by atoms with Crippen molar-refractivity contribution in [2.75, 3.05) is 19.6 Å². The molecule has 0 spiro atoms. The van der Waals surface area contributed by atoms with Crippen molar-refractivity contribution < 1.29 is 18.0 Å². The van der Waals surface area contributed by atoms with Crippen molar-refractivity contribution in [3.05, 3.63) is 29.8 Å². The lowest BCUT2D eigenvalue weighted by molar-refractivity contribution is -0.117. The summed E-state index contributed by atoms with van der Waals surface area (Å²) < 4.78 is 27.0. The maximum Gasteiger partial charge on any atom is 0.251 e. The van der Waals surface area contributed by atoms with E-state index in [1.165, 1.54) is 28.6 Å². The lowest BCUT2D eigenvalue weighted by Gasteiger charge is -2.34. The van der Waals surface area contributed by atoms with Crippen molar-refractivity contribution in [1.82, 2.24) is 9.62 Å². The Kier molecular flexibility index (Phi) is 5.61. The molecule has 1 fully saturated rings. The van der Waals surface area contributed by atoms with Crippen LogP contribution in [0, 0.1) is 11.8 Å². The normalized spacial score (nSPS) is 22.1. The molecule has 0 aromatic heterocycles. The van der Waals surface area contributed by atoms with Gasteiger partial charge in [-0.15, -0.1) is 0 Å². The molecule has 1 heterocycles. The quantitative estimate of drug-likeness (QED) is 0.806. The summed E-state index contributed by atoms with van der Waals surface area (Å²) in [5.74, 6) is -0.474. The SMILES string of the molecule is C[C@H]1C[C@H](C)CN(S(=O)(=O)c2ccc(C(=O)NCC(N)=O)cc2)C1. The second-order valence-electron chi connectivity index (χ2n) is 6.44. The van der Waals surface area contributed by atoms with Gasteiger partial charge in [0.05, 0.1) is 11.4 Å². The van der Waals surface area contributed by atoms with E-state index in [0.29, 0.717) is 24.9 Å². The summed E-state index contributed by atoms with van der Waals surface area (Å²) in [4.78, 5) is 22.7. The second-order valence-corrected chi connectivity index (χ2v) is 8.38. The number of piperidine rings is 1. The molecule has 1 aromatic carbocycles. The fourth-order valence-corrected chi connectivity index (χ4v) is 4.68. The van der Waals surface area contributed by atoms with Gasteiger partial charge in [-0.25, -0.2) is 8.42 Å². The van der Waals surface area contributed by atoms with E-state index in [2.05, 4.69) is 5.32 Å². The highest BCUT2D eigenvalue weighted by Gasteiger charge is 2.31. The fraction of sp³-hybridized carbons (Fsp3) is 0.500. The van der Waals surface area contributed by atoms with E-state index in [9.17, 15) is 18.0 Å². The third-order valence-electron chi connectivity index (χ3n) is 4.01. The minimum absolute atomic E-state index is 0.162. The number of nitrogens with one attached hydrogen (secondary N) is 1. The molecule has 8 heteroatoms. The number of carbonyl (C=O) groups excluding carboxylic acids is 2. The summed E-state index contributed by atoms with van der Waals surface area (Å²) in [5.41, 5.74) is 5.24. The van der Waals surface area contributed by atoms with Crippen LogP contribution in [0.1, 0.15) is 30.6 Å². The zero-order valence-corrected chi connectivity index (χ0v) is 14.7. The largest absolute Gasteiger partial charge is 0.368 e. The number of nitrogens with zero attached hydrogens (tertiary/aromatic N) is 1. The van der Waals surface area contributed by atoms with Crippen LogP contribution in [-0.2, 0) is 14.8 Å². The number of hydrogen-bond acceptors (Lipinski definition) is 4. The highest BCUT2D eigenvalue weighted by molar-refractivity contribution is 7.89. The summed E-state index contributed by atoms with van der Waals surface area (Å²) in [7, 11) is -3.57. The fourth-order valence-electron chi connectivity index (χ4n) is 3.00. The predicted molar refractivity (Wildman–Crippen MR) is 89.7 cm³/mol. The van der Waals surface area contributed by atoms with E-state index < -0.39 is 21.8 Å². The molecule has 0 radical (unpaired) electrons. The van der Waals surface area contributed by atoms with Gasteiger partial charge in [-0.2, -0.15) is 4.31 Å². The Labute approximate surface area is 142 Å². The molecule has 1 saturated heterocycles. The number of amides is 2. The Balaban J connectivity index is 2.14. The standard InChI is InChI=1S/C16H23N3O4S/c1-11-7-12(2)10-19(9-11)24(22,23)14-5-3-13(4-6-14)16(21)18-8-15(17)20/h3-6,11-12H,7-10H2,1-2H3,(H2,17,20)(H,18,21)/t11-,12-/m0/s1. The number of sulfonamides is 1. The number of benzene rings is 1. The zero-order chi connectivity index (χ0) is 17.9. The van der Waals surface area contributed by atoms with Crippen molar-refractivity contribution in [2.24, 2.45) is 17.6 Å². The van der Waals surface area contributed by atoms with Crippen molar-refractivity contribution in [2.45, 2.75) is 25.2 Å². The Bertz CT molecular complexity index is 705. The molecule has 0 bridgehead atoms. The van der Waals surface area contributed by atoms with Gasteiger partial charge in [0.15, 0.2) is 0 Å². The summed E-state index contributed by atoms with van der Waals surface area (Å²) in [6, 6.07) is 5.69. The van der Waals surface area contributed by atoms with Crippen molar-refractivity contribution in [3.8, 4) is 0 Å². The zero-order valence-electron chi connectivity index (χ0n) is 13.9. The smallest absolute Gasteiger partial charge is 0.251 e. The average Bonchev–Trinajstić information content (AvgIpc) is 2.51. The van der Waals surface area contributed by atoms with E-state index in [4.69, 9.17) is 5.73 Å². The Morgan fingerprint density at radius 2 is 1.71 bits per heavy atom. The van der Waals surface area contributed by atoms with Crippen LogP contribution < -0.4 is 11.1 Å². The maximum atomic E-state index is 12.7. The molecule has 3 N–H and O–H groups in total. The molecule has 132 valence electrons. The van der Waals surface area contributed by atoms with Crippen molar-refractivity contribution in [1.29, 1.82) is 0 Å². The first-order valence-corrected chi connectivity index (χ1v) is 9.31. The topological polar surface area (TPSA) is 110 Å². The summed E-state index contributed by atoms with van der Waals surface area (Å²) in [5, 5.41) is 2.36. The Hall–Kier alpha value is -1.93. The first-order valence-electron chi connectivity index (χ1n) is 7.87. The van der Waals surface area contributed by atoms with Gasteiger partial charge in [0.2, 0.25) is 15.9 Å². The minimum atomic E-state index is -3.57. The van der Waals surface area contributed by atoms with Crippen LogP contribution in [0.3, 0.4) is 0 Å². The molecule has 7 nitrogen and oxygen atoms in total. The van der Waals surface area contributed by atoms with E-state index in [-0.39, 0.29) is 17.0 Å². The van der Waals surface area contributed by atoms with Crippen LogP contribution in [0.5, 0.6) is 0 Å². The molecule has 1 aliphatic rings. The third kappa shape index (κ3) is 4.33. The molecular weight excluding hydrogens is 330 g/mol. The van der Waals surface area contributed by atoms with Crippen molar-refractivity contribution in [3.63, 3.8) is 0 Å². The third-order valence-corrected chi connectivity index (χ3v) is 5.86. The van der Waals surface area contributed by atoms with Gasteiger partial charge in [-0.1, -0.05) is 13.8 Å². The van der Waals surface area contributed by atoms with Gasteiger partial charge in [0.1, 0.15) is 0 Å². The van der Waals surface area contributed by atoms with Gasteiger partial charge < -0.3 is 11.1 Å². The van der Waals surface area contributed by atoms with Crippen LogP contribution in [0.15, 0.2) is 29.2 Å². The summed E-state index contributed by atoms with van der Waals surface area (Å²) in [6.45, 7) is 4.85. The molecule has 2 amide bonds. The molecule has 0 unspecified atom stereocenters. The first kappa shape index (κ1) is 18.4. The van der Waals surface area contributed by atoms with Crippen LogP contribution in [0.25, 0.3) is 0 Å². The number of rotatable bonds is 5. The number of primary amides is 1. The maximum absolute atomic E-state index is 12.7. The van der Waals surface area contributed by atoms with Crippen LogP contribution >= 0.6 is 0 Å². The monoisotopic (exact) mass is 353 g/mol. The first-order chi connectivity index (χ1) is 11.2. The van der Waals surface area contributed by atoms with E-state index >= 15 is 0 Å². The van der Waals surface area contributed by atoms with Gasteiger partial charge in [0, 0.05) is 18.7 Å². The molecular formula is C16H23N3O4S. The van der Waals surface area contributed by atoms with Gasteiger partial charge >= 0.3 is 0 Å². The second kappa shape index (κ2) is 7.31. The summed E-state index contributed by atoms with van der Waals surface area (Å²) in [6.07, 6.45) is 1.02. The van der Waals surface area contributed by atoms with E-state index in [1.54, 1.807) is 0 Å². The molecule has 2 atom stereocenters. The van der Waals surface area contributed by atoms with Gasteiger partial charge in [-0.05, 0) is 42.5 Å². The minimum Gasteiger partial charge on any atom is -0.368 e. The molecule has 1 aliphatic heterocycles. The number of hydrogen-bond donors (Lipinski definition) is 2. The average molecular weight is 353 g/mol. The molecule has 24 heavy (non-hydrogen) atoms. The van der Waals surface area contributed by atoms with Crippen LogP contribution in [-0.4, -0.2) is 44.2 Å². The highest BCUT2D eigenvalue weighted by atomic mass is 32.2. The van der Waals surface area contributed by atoms with Crippen LogP contribution in [0.2, 0.25) is 0 Å². The lowest BCUT2D eigenvalue weighted by Crippen LogP contribution is -2.42. The van der Waals surface area contributed by atoms with E-state index in [1.807, 2.05) is 13.8 Å². The van der Waals surface area contributed by atoms with Crippen molar-refractivity contribution >= 4 is 21.8 Å². The summed E-state index contributed by atoms with van der Waals surface area (Å²) >= 11 is 0. The molecule has 2 rings (SSSR count). The van der Waals surface area contributed by atoms with E-state index in [0.717, 1.165) is 6.42 Å². The highest BCUT2D eigenvalue weighted by Crippen LogP contribution is 2.26. The number of carbonyl (C=O) groups is 2.